The zero-order chi connectivity index (χ0) is 23.7. The molecular weight excluding hydrogens is 500 g/mol. The molecule has 0 amide bonds. The first-order valence-electron chi connectivity index (χ1n) is 10.9. The molecule has 0 fully saturated rings. The second kappa shape index (κ2) is 11.1. The van der Waals surface area contributed by atoms with E-state index in [2.05, 4.69) is 9.98 Å². The van der Waals surface area contributed by atoms with E-state index in [9.17, 15) is 0 Å². The van der Waals surface area contributed by atoms with Gasteiger partial charge in [-0.2, -0.15) is 9.98 Å². The van der Waals surface area contributed by atoms with Crippen molar-refractivity contribution in [1.29, 1.82) is 0 Å². The third-order valence-electron chi connectivity index (χ3n) is 5.99. The molecule has 174 valence electrons. The normalized spacial score (nSPS) is 18.6. The van der Waals surface area contributed by atoms with Crippen molar-refractivity contribution >= 4 is 58.1 Å². The summed E-state index contributed by atoms with van der Waals surface area (Å²) in [7, 11) is 3.30. The molecule has 2 aliphatic heterocycles. The molecule has 0 bridgehead atoms. The molecule has 6 nitrogen and oxygen atoms in total. The first-order chi connectivity index (χ1) is 16.6. The Labute approximate surface area is 230 Å². The molecule has 0 aliphatic carbocycles. The predicted octanol–water partition coefficient (Wildman–Crippen LogP) is 1.83. The van der Waals surface area contributed by atoms with Gasteiger partial charge >= 0.3 is 34.8 Å². The van der Waals surface area contributed by atoms with Crippen LogP contribution in [0.4, 0.5) is 0 Å². The van der Waals surface area contributed by atoms with Crippen LogP contribution in [-0.4, -0.2) is 62.3 Å². The summed E-state index contributed by atoms with van der Waals surface area (Å²) in [5, 5.41) is 0.882. The molecule has 2 heterocycles. The Hall–Kier alpha value is -2.45. The topological polar surface area (TPSA) is 64.9 Å². The summed E-state index contributed by atoms with van der Waals surface area (Å²) in [6.07, 6.45) is 0. The van der Waals surface area contributed by atoms with Crippen molar-refractivity contribution in [2.45, 2.75) is 12.1 Å². The van der Waals surface area contributed by atoms with Crippen LogP contribution in [0.25, 0.3) is 0 Å². The Balaban J connectivity index is 0.00000289. The van der Waals surface area contributed by atoms with Crippen LogP contribution in [0.5, 0.6) is 11.5 Å². The number of nitrogens with one attached hydrogen (secondary N) is 2. The average Bonchev–Trinajstić information content (AvgIpc) is 3.56. The van der Waals surface area contributed by atoms with Gasteiger partial charge in [-0.3, -0.25) is 0 Å². The van der Waals surface area contributed by atoms with Crippen molar-refractivity contribution in [1.82, 2.24) is 0 Å². The fraction of sp³-hybridized carbons (Fsp3) is 0.231. The Bertz CT molecular complexity index is 1170. The summed E-state index contributed by atoms with van der Waals surface area (Å²) in [5.41, 5.74) is 3.76. The molecule has 2 N–H and O–H groups in total. The van der Waals surface area contributed by atoms with Gasteiger partial charge < -0.3 is 18.9 Å². The monoisotopic (exact) mass is 522 g/mol. The maximum absolute atomic E-state index is 6.39. The summed E-state index contributed by atoms with van der Waals surface area (Å²) < 4.78 is 22.6. The number of halogens is 2. The molecule has 2 aliphatic rings. The molecule has 0 saturated heterocycles. The van der Waals surface area contributed by atoms with Crippen LogP contribution >= 0.6 is 23.2 Å². The van der Waals surface area contributed by atoms with Crippen LogP contribution in [0.2, 0.25) is 10.0 Å². The van der Waals surface area contributed by atoms with Crippen LogP contribution in [0.15, 0.2) is 60.7 Å². The van der Waals surface area contributed by atoms with E-state index in [4.69, 9.17) is 42.1 Å². The van der Waals surface area contributed by atoms with Crippen molar-refractivity contribution in [3.8, 4) is 11.5 Å². The van der Waals surface area contributed by atoms with Crippen molar-refractivity contribution in [3.63, 3.8) is 0 Å². The Morgan fingerprint density at radius 3 is 1.40 bits per heavy atom. The van der Waals surface area contributed by atoms with Gasteiger partial charge in [0.05, 0.1) is 24.3 Å². The molecule has 0 saturated carbocycles. The molecule has 0 spiro atoms. The fourth-order valence-corrected chi connectivity index (χ4v) is 4.41. The van der Waals surface area contributed by atoms with Crippen LogP contribution in [0.3, 0.4) is 0 Å². The van der Waals surface area contributed by atoms with Crippen molar-refractivity contribution < 1.29 is 28.9 Å². The second-order valence-electron chi connectivity index (χ2n) is 8.03. The third kappa shape index (κ3) is 5.38. The minimum absolute atomic E-state index is 0. The van der Waals surface area contributed by atoms with E-state index in [-0.39, 0.29) is 35.1 Å². The molecule has 5 rings (SSSR count). The van der Waals surface area contributed by atoms with Gasteiger partial charge in [0, 0.05) is 11.1 Å². The van der Waals surface area contributed by atoms with E-state index in [1.807, 2.05) is 48.5 Å². The molecule has 0 aromatic heterocycles. The Morgan fingerprint density at radius 2 is 1.06 bits per heavy atom. The number of hydrogen-bond acceptors (Lipinski definition) is 4. The largest absolute Gasteiger partial charge is 2.00 e. The number of hydrogen-bond donors (Lipinski definition) is 2. The van der Waals surface area contributed by atoms with E-state index < -0.39 is 0 Å². The van der Waals surface area contributed by atoms with Gasteiger partial charge in [-0.15, -0.1) is 0 Å². The quantitative estimate of drug-likeness (QED) is 0.484. The molecule has 3 aromatic carbocycles. The van der Waals surface area contributed by atoms with E-state index in [1.165, 1.54) is 0 Å². The van der Waals surface area contributed by atoms with E-state index in [1.54, 1.807) is 26.4 Å². The number of ether oxygens (including phenoxy) is 4. The standard InChI is InChI=1S/C26H22Cl2N2O4.Mg/c1-31-17-7-3-15(4-8-17)23-13-33-25(29-23)19-11-21(27)22(28)12-20(19)26-30-24(14-34-26)16-5-9-18(32-2)10-6-16;/h3-12,23-24H,13-14H2,1-2H3;/q;+2/p+2/t23-,24-;/m0./s1. The van der Waals surface area contributed by atoms with Gasteiger partial charge in [-0.05, 0) is 60.7 Å². The molecule has 9 heteroatoms. The van der Waals surface area contributed by atoms with E-state index in [0.29, 0.717) is 35.1 Å². The van der Waals surface area contributed by atoms with Gasteiger partial charge in [0.25, 0.3) is 0 Å². The predicted molar refractivity (Wildman–Crippen MR) is 136 cm³/mol. The Morgan fingerprint density at radius 1 is 0.686 bits per heavy atom. The number of rotatable bonds is 6. The molecule has 0 radical (unpaired) electrons. The van der Waals surface area contributed by atoms with E-state index >= 15 is 0 Å². The van der Waals surface area contributed by atoms with Crippen molar-refractivity contribution in [2.24, 2.45) is 0 Å². The second-order valence-corrected chi connectivity index (χ2v) is 8.85. The summed E-state index contributed by atoms with van der Waals surface area (Å²) in [6.45, 7) is 0.971. The summed E-state index contributed by atoms with van der Waals surface area (Å²) >= 11 is 12.8. The third-order valence-corrected chi connectivity index (χ3v) is 6.71. The van der Waals surface area contributed by atoms with Crippen LogP contribution in [-0.2, 0) is 9.47 Å². The Kier molecular flexibility index (Phi) is 8.11. The molecular formula is C26H24Cl2MgN2O4+4. The maximum Gasteiger partial charge on any atom is 2.00 e. The maximum atomic E-state index is 6.39. The van der Waals surface area contributed by atoms with Crippen LogP contribution in [0, 0.1) is 0 Å². The molecule has 0 unspecified atom stereocenters. The van der Waals surface area contributed by atoms with Gasteiger partial charge in [-0.25, -0.2) is 0 Å². The zero-order valence-electron chi connectivity index (χ0n) is 19.4. The van der Waals surface area contributed by atoms with Gasteiger partial charge in [-0.1, -0.05) is 23.2 Å². The average molecular weight is 524 g/mol. The summed E-state index contributed by atoms with van der Waals surface area (Å²) in [5.74, 6) is 2.87. The number of benzene rings is 3. The molecule has 2 atom stereocenters. The molecule has 3 aromatic rings. The smallest absolute Gasteiger partial charge is 0.497 e. The first kappa shape index (κ1) is 25.6. The fourth-order valence-electron chi connectivity index (χ4n) is 4.08. The van der Waals surface area contributed by atoms with Gasteiger partial charge in [0.1, 0.15) is 22.6 Å². The van der Waals surface area contributed by atoms with Crippen molar-refractivity contribution in [3.05, 3.63) is 93.0 Å². The molecule has 35 heavy (non-hydrogen) atoms. The first-order valence-corrected chi connectivity index (χ1v) is 11.6. The van der Waals surface area contributed by atoms with E-state index in [0.717, 1.165) is 33.8 Å². The van der Waals surface area contributed by atoms with Gasteiger partial charge in [0.15, 0.2) is 13.2 Å². The number of methoxy groups -OCH3 is 2. The zero-order valence-corrected chi connectivity index (χ0v) is 22.4. The SMILES string of the molecule is COc1ccc([C@@H]2COC(c3cc(Cl)c(Cl)cc3C3=[NH+][C@H](c4ccc(OC)cc4)CO3)=[NH+]2)cc1.[Mg+2]. The summed E-state index contributed by atoms with van der Waals surface area (Å²) in [4.78, 5) is 6.94. The summed E-state index contributed by atoms with van der Waals surface area (Å²) in [6, 6.07) is 19.4. The van der Waals surface area contributed by atoms with Crippen LogP contribution < -0.4 is 19.5 Å². The minimum atomic E-state index is -0.00212. The van der Waals surface area contributed by atoms with Gasteiger partial charge in [0.2, 0.25) is 12.1 Å². The van der Waals surface area contributed by atoms with Crippen molar-refractivity contribution in [2.75, 3.05) is 27.4 Å². The van der Waals surface area contributed by atoms with Crippen LogP contribution in [0.1, 0.15) is 34.3 Å². The minimum Gasteiger partial charge on any atom is -0.497 e.